The zero-order chi connectivity index (χ0) is 15.9. The largest absolute Gasteiger partial charge is 0.329 e. The summed E-state index contributed by atoms with van der Waals surface area (Å²) in [5.41, 5.74) is 4.55. The van der Waals surface area contributed by atoms with E-state index in [1.807, 2.05) is 37.3 Å². The number of benzene rings is 2. The molecule has 0 unspecified atom stereocenters. The van der Waals surface area contributed by atoms with Crippen molar-refractivity contribution in [2.24, 2.45) is 5.10 Å². The molecule has 0 radical (unpaired) electrons. The zero-order valence-corrected chi connectivity index (χ0v) is 13.4. The van der Waals surface area contributed by atoms with E-state index in [4.69, 9.17) is 0 Å². The lowest BCUT2D eigenvalue weighted by molar-refractivity contribution is -0.136. The highest BCUT2D eigenvalue weighted by Gasteiger charge is 2.12. The number of hydrogen-bond acceptors (Lipinski definition) is 3. The molecule has 0 saturated carbocycles. The molecular formula is C16H14BrN3O2. The van der Waals surface area contributed by atoms with Crippen LogP contribution in [0.25, 0.3) is 0 Å². The Morgan fingerprint density at radius 2 is 1.86 bits per heavy atom. The monoisotopic (exact) mass is 359 g/mol. The van der Waals surface area contributed by atoms with E-state index in [2.05, 4.69) is 31.8 Å². The molecular weight excluding hydrogens is 346 g/mol. The fourth-order valence-corrected chi connectivity index (χ4v) is 2.13. The van der Waals surface area contributed by atoms with Gasteiger partial charge in [0.05, 0.1) is 6.21 Å². The highest BCUT2D eigenvalue weighted by Crippen LogP contribution is 2.10. The van der Waals surface area contributed by atoms with Crippen LogP contribution in [0.15, 0.2) is 58.1 Å². The highest BCUT2D eigenvalue weighted by molar-refractivity contribution is 9.10. The topological polar surface area (TPSA) is 70.6 Å². The Kier molecular flexibility index (Phi) is 5.43. The first-order valence-corrected chi connectivity index (χ1v) is 7.30. The number of carbonyl (C=O) groups excluding carboxylic acids is 2. The summed E-state index contributed by atoms with van der Waals surface area (Å²) in [5, 5.41) is 6.26. The normalized spacial score (nSPS) is 10.5. The summed E-state index contributed by atoms with van der Waals surface area (Å²) in [4.78, 5) is 23.4. The number of nitrogens with zero attached hydrogens (tertiary/aromatic N) is 1. The molecule has 22 heavy (non-hydrogen) atoms. The van der Waals surface area contributed by atoms with E-state index >= 15 is 0 Å². The van der Waals surface area contributed by atoms with Crippen molar-refractivity contribution in [3.05, 3.63) is 64.1 Å². The molecule has 5 nitrogen and oxygen atoms in total. The van der Waals surface area contributed by atoms with Crippen LogP contribution in [0.3, 0.4) is 0 Å². The number of rotatable bonds is 3. The Hall–Kier alpha value is -2.47. The first kappa shape index (κ1) is 15.9. The van der Waals surface area contributed by atoms with Gasteiger partial charge in [-0.3, -0.25) is 9.59 Å². The number of carbonyl (C=O) groups is 2. The van der Waals surface area contributed by atoms with E-state index in [1.54, 1.807) is 18.2 Å². The van der Waals surface area contributed by atoms with Crippen molar-refractivity contribution >= 4 is 39.6 Å². The van der Waals surface area contributed by atoms with Crippen LogP contribution >= 0.6 is 15.9 Å². The zero-order valence-electron chi connectivity index (χ0n) is 11.8. The maximum Gasteiger partial charge on any atom is 0.329 e. The number of aryl methyl sites for hydroxylation is 1. The molecule has 112 valence electrons. The van der Waals surface area contributed by atoms with Crippen LogP contribution in [0, 0.1) is 6.92 Å². The van der Waals surface area contributed by atoms with Gasteiger partial charge in [-0.05, 0) is 42.3 Å². The minimum atomic E-state index is -0.826. The average molecular weight is 360 g/mol. The highest BCUT2D eigenvalue weighted by atomic mass is 79.9. The Labute approximate surface area is 136 Å². The minimum Gasteiger partial charge on any atom is -0.318 e. The fourth-order valence-electron chi connectivity index (χ4n) is 1.71. The molecule has 2 aromatic rings. The van der Waals surface area contributed by atoms with Gasteiger partial charge in [-0.25, -0.2) is 5.43 Å². The SMILES string of the molecule is Cc1cccc(NC(=O)C(=O)N/N=C\c2cccc(Br)c2)c1. The Morgan fingerprint density at radius 1 is 1.09 bits per heavy atom. The van der Waals surface area contributed by atoms with Gasteiger partial charge in [-0.2, -0.15) is 5.10 Å². The predicted octanol–water partition coefficient (Wildman–Crippen LogP) is 2.85. The minimum absolute atomic E-state index is 0.566. The van der Waals surface area contributed by atoms with Crippen molar-refractivity contribution in [3.8, 4) is 0 Å². The van der Waals surface area contributed by atoms with E-state index in [-0.39, 0.29) is 0 Å². The standard InChI is InChI=1S/C16H14BrN3O2/c1-11-4-2-7-14(8-11)19-15(21)16(22)20-18-10-12-5-3-6-13(17)9-12/h2-10H,1H3,(H,19,21)(H,20,22)/b18-10-. The van der Waals surface area contributed by atoms with Crippen molar-refractivity contribution in [1.29, 1.82) is 0 Å². The molecule has 0 atom stereocenters. The van der Waals surface area contributed by atoms with Crippen LogP contribution in [0.2, 0.25) is 0 Å². The third-order valence-electron chi connectivity index (χ3n) is 2.71. The molecule has 2 amide bonds. The molecule has 0 aliphatic rings. The summed E-state index contributed by atoms with van der Waals surface area (Å²) in [6.45, 7) is 1.90. The quantitative estimate of drug-likeness (QED) is 0.502. The Morgan fingerprint density at radius 3 is 2.59 bits per heavy atom. The molecule has 0 saturated heterocycles. The van der Waals surface area contributed by atoms with E-state index in [9.17, 15) is 9.59 Å². The second-order valence-electron chi connectivity index (χ2n) is 4.58. The Bertz CT molecular complexity index is 729. The summed E-state index contributed by atoms with van der Waals surface area (Å²) in [5.74, 6) is -1.59. The summed E-state index contributed by atoms with van der Waals surface area (Å²) >= 11 is 3.34. The molecule has 0 heterocycles. The first-order chi connectivity index (χ1) is 10.5. The number of hydrogen-bond donors (Lipinski definition) is 2. The summed E-state index contributed by atoms with van der Waals surface area (Å²) in [7, 11) is 0. The van der Waals surface area contributed by atoms with Crippen molar-refractivity contribution in [3.63, 3.8) is 0 Å². The van der Waals surface area contributed by atoms with E-state index in [0.717, 1.165) is 15.6 Å². The molecule has 0 bridgehead atoms. The number of anilines is 1. The summed E-state index contributed by atoms with van der Waals surface area (Å²) in [6.07, 6.45) is 1.46. The third-order valence-corrected chi connectivity index (χ3v) is 3.20. The lowest BCUT2D eigenvalue weighted by atomic mass is 10.2. The Balaban J connectivity index is 1.90. The van der Waals surface area contributed by atoms with Gasteiger partial charge in [0.2, 0.25) is 0 Å². The third kappa shape index (κ3) is 4.82. The van der Waals surface area contributed by atoms with Crippen molar-refractivity contribution < 1.29 is 9.59 Å². The van der Waals surface area contributed by atoms with Crippen LogP contribution in [0.5, 0.6) is 0 Å². The molecule has 0 aliphatic heterocycles. The number of nitrogens with one attached hydrogen (secondary N) is 2. The van der Waals surface area contributed by atoms with Crippen LogP contribution in [-0.4, -0.2) is 18.0 Å². The van der Waals surface area contributed by atoms with Crippen LogP contribution in [0.1, 0.15) is 11.1 Å². The van der Waals surface area contributed by atoms with Gasteiger partial charge in [0.25, 0.3) is 0 Å². The predicted molar refractivity (Wildman–Crippen MR) is 89.7 cm³/mol. The molecule has 0 fully saturated rings. The van der Waals surface area contributed by atoms with Crippen molar-refractivity contribution in [1.82, 2.24) is 5.43 Å². The van der Waals surface area contributed by atoms with Gasteiger partial charge >= 0.3 is 11.8 Å². The first-order valence-electron chi connectivity index (χ1n) is 6.51. The second-order valence-corrected chi connectivity index (χ2v) is 5.49. The smallest absolute Gasteiger partial charge is 0.318 e. The molecule has 0 aliphatic carbocycles. The number of halogens is 1. The molecule has 2 rings (SSSR count). The number of amides is 2. The molecule has 2 aromatic carbocycles. The summed E-state index contributed by atoms with van der Waals surface area (Å²) in [6, 6.07) is 14.6. The fraction of sp³-hybridized carbons (Fsp3) is 0.0625. The molecule has 0 aromatic heterocycles. The van der Waals surface area contributed by atoms with Crippen LogP contribution < -0.4 is 10.7 Å². The van der Waals surface area contributed by atoms with Gasteiger partial charge in [-0.15, -0.1) is 0 Å². The lowest BCUT2D eigenvalue weighted by Crippen LogP contribution is -2.32. The van der Waals surface area contributed by atoms with Gasteiger partial charge in [0.15, 0.2) is 0 Å². The van der Waals surface area contributed by atoms with E-state index in [0.29, 0.717) is 5.69 Å². The average Bonchev–Trinajstić information content (AvgIpc) is 2.47. The number of hydrazone groups is 1. The van der Waals surface area contributed by atoms with Crippen LogP contribution in [-0.2, 0) is 9.59 Å². The van der Waals surface area contributed by atoms with Crippen molar-refractivity contribution in [2.75, 3.05) is 5.32 Å². The maximum atomic E-state index is 11.7. The van der Waals surface area contributed by atoms with Gasteiger partial charge in [-0.1, -0.05) is 40.2 Å². The van der Waals surface area contributed by atoms with E-state index in [1.165, 1.54) is 6.21 Å². The second kappa shape index (κ2) is 7.51. The van der Waals surface area contributed by atoms with Crippen LogP contribution in [0.4, 0.5) is 5.69 Å². The van der Waals surface area contributed by atoms with Crippen molar-refractivity contribution in [2.45, 2.75) is 6.92 Å². The molecule has 6 heteroatoms. The maximum absolute atomic E-state index is 11.7. The molecule has 0 spiro atoms. The van der Waals surface area contributed by atoms with Gasteiger partial charge in [0, 0.05) is 10.2 Å². The van der Waals surface area contributed by atoms with Gasteiger partial charge in [0.1, 0.15) is 0 Å². The molecule has 2 N–H and O–H groups in total. The summed E-state index contributed by atoms with van der Waals surface area (Å²) < 4.78 is 0.903. The lowest BCUT2D eigenvalue weighted by Gasteiger charge is -2.04. The van der Waals surface area contributed by atoms with Gasteiger partial charge < -0.3 is 5.32 Å². The van der Waals surface area contributed by atoms with E-state index < -0.39 is 11.8 Å².